The zero-order valence-corrected chi connectivity index (χ0v) is 15.9. The van der Waals surface area contributed by atoms with Crippen LogP contribution in [-0.4, -0.2) is 34.2 Å². The molecule has 10 heteroatoms. The minimum absolute atomic E-state index is 0.171. The van der Waals surface area contributed by atoms with Gasteiger partial charge in [-0.2, -0.15) is 18.2 Å². The molecule has 0 spiro atoms. The average molecular weight is 428 g/mol. The highest BCUT2D eigenvalue weighted by Gasteiger charge is 2.38. The smallest absolute Gasteiger partial charge is 0.471 e. The van der Waals surface area contributed by atoms with Gasteiger partial charge in [-0.1, -0.05) is 23.4 Å². The van der Waals surface area contributed by atoms with Crippen molar-refractivity contribution in [3.8, 4) is 17.1 Å². The molecule has 1 N–H and O–H groups in total. The van der Waals surface area contributed by atoms with Crippen LogP contribution >= 0.6 is 0 Å². The number of halogens is 3. The van der Waals surface area contributed by atoms with E-state index in [9.17, 15) is 18.0 Å². The number of para-hydroxylation sites is 1. The van der Waals surface area contributed by atoms with E-state index in [4.69, 9.17) is 4.74 Å². The van der Waals surface area contributed by atoms with Crippen molar-refractivity contribution < 1.29 is 27.2 Å². The van der Waals surface area contributed by atoms with Gasteiger partial charge in [0.05, 0.1) is 17.6 Å². The van der Waals surface area contributed by atoms with Crippen molar-refractivity contribution in [2.24, 2.45) is 0 Å². The van der Waals surface area contributed by atoms with Crippen molar-refractivity contribution in [1.82, 2.24) is 20.4 Å². The Kier molecular flexibility index (Phi) is 5.52. The number of aromatic nitrogens is 3. The van der Waals surface area contributed by atoms with Crippen LogP contribution in [0.4, 0.5) is 13.2 Å². The van der Waals surface area contributed by atoms with E-state index in [1.165, 1.54) is 12.1 Å². The zero-order valence-electron chi connectivity index (χ0n) is 15.9. The number of hydrogen-bond donors (Lipinski definition) is 1. The molecule has 0 radical (unpaired) electrons. The first-order chi connectivity index (χ1) is 14.9. The summed E-state index contributed by atoms with van der Waals surface area (Å²) in [5, 5.41) is 6.87. The minimum atomic E-state index is -4.69. The van der Waals surface area contributed by atoms with Crippen LogP contribution in [0.2, 0.25) is 0 Å². The Morgan fingerprint density at radius 2 is 1.84 bits per heavy atom. The van der Waals surface area contributed by atoms with Gasteiger partial charge in [-0.25, -0.2) is 0 Å². The molecule has 0 aliphatic carbocycles. The second-order valence-corrected chi connectivity index (χ2v) is 6.43. The quantitative estimate of drug-likeness (QED) is 0.465. The maximum atomic E-state index is 12.5. The number of carbonyl (C=O) groups is 1. The fourth-order valence-electron chi connectivity index (χ4n) is 2.88. The van der Waals surface area contributed by atoms with Gasteiger partial charge in [0.1, 0.15) is 12.4 Å². The van der Waals surface area contributed by atoms with Crippen molar-refractivity contribution in [2.75, 3.05) is 13.2 Å². The third-order valence-corrected chi connectivity index (χ3v) is 4.33. The van der Waals surface area contributed by atoms with Crippen LogP contribution in [0.25, 0.3) is 22.3 Å². The number of amides is 1. The molecule has 7 nitrogen and oxygen atoms in total. The number of hydrogen-bond acceptors (Lipinski definition) is 6. The fraction of sp³-hybridized carbons (Fsp3) is 0.143. The molecule has 31 heavy (non-hydrogen) atoms. The van der Waals surface area contributed by atoms with E-state index in [-0.39, 0.29) is 24.9 Å². The standard InChI is InChI=1S/C21H15F3N4O3/c22-21(23,24)20-27-18(28-31-20)13-5-7-14(8-6-13)30-12-11-26-19(29)16-9-10-25-17-4-2-1-3-15(16)17/h1-10H,11-12H2,(H,26,29). The lowest BCUT2D eigenvalue weighted by atomic mass is 10.1. The largest absolute Gasteiger partial charge is 0.492 e. The Labute approximate surface area is 173 Å². The number of carbonyl (C=O) groups excluding carboxylic acids is 1. The van der Waals surface area contributed by atoms with E-state index in [0.717, 1.165) is 10.9 Å². The van der Waals surface area contributed by atoms with Gasteiger partial charge in [-0.05, 0) is 36.4 Å². The Morgan fingerprint density at radius 3 is 2.58 bits per heavy atom. The summed E-state index contributed by atoms with van der Waals surface area (Å²) in [5.74, 6) is -1.33. The Bertz CT molecular complexity index is 1200. The molecule has 2 aromatic heterocycles. The molecular weight excluding hydrogens is 413 g/mol. The average Bonchev–Trinajstić information content (AvgIpc) is 3.27. The lowest BCUT2D eigenvalue weighted by molar-refractivity contribution is -0.159. The summed E-state index contributed by atoms with van der Waals surface area (Å²) in [6.07, 6.45) is -3.11. The molecule has 0 fully saturated rings. The topological polar surface area (TPSA) is 90.1 Å². The molecule has 0 saturated heterocycles. The first kappa shape index (κ1) is 20.3. The Hall–Kier alpha value is -3.95. The summed E-state index contributed by atoms with van der Waals surface area (Å²) in [4.78, 5) is 20.0. The molecule has 0 unspecified atom stereocenters. The van der Waals surface area contributed by atoms with Crippen molar-refractivity contribution in [2.45, 2.75) is 6.18 Å². The zero-order chi connectivity index (χ0) is 21.8. The van der Waals surface area contributed by atoms with Crippen molar-refractivity contribution in [1.29, 1.82) is 0 Å². The summed E-state index contributed by atoms with van der Waals surface area (Å²) >= 11 is 0. The monoisotopic (exact) mass is 428 g/mol. The van der Waals surface area contributed by atoms with E-state index in [1.54, 1.807) is 24.4 Å². The number of ether oxygens (including phenoxy) is 1. The van der Waals surface area contributed by atoms with Gasteiger partial charge in [0, 0.05) is 17.1 Å². The van der Waals surface area contributed by atoms with Crippen LogP contribution in [0.3, 0.4) is 0 Å². The number of nitrogens with zero attached hydrogens (tertiary/aromatic N) is 3. The van der Waals surface area contributed by atoms with Gasteiger partial charge in [0.2, 0.25) is 5.82 Å². The lowest BCUT2D eigenvalue weighted by Crippen LogP contribution is -2.28. The SMILES string of the molecule is O=C(NCCOc1ccc(-c2noc(C(F)(F)F)n2)cc1)c1ccnc2ccccc12. The van der Waals surface area contributed by atoms with E-state index in [1.807, 2.05) is 24.3 Å². The molecule has 4 rings (SSSR count). The van der Waals surface area contributed by atoms with Crippen molar-refractivity contribution in [3.05, 3.63) is 72.2 Å². The summed E-state index contributed by atoms with van der Waals surface area (Å²) in [5.41, 5.74) is 1.60. The van der Waals surface area contributed by atoms with Gasteiger partial charge in [0.15, 0.2) is 0 Å². The molecule has 0 aliphatic rings. The number of nitrogens with one attached hydrogen (secondary N) is 1. The van der Waals surface area contributed by atoms with Gasteiger partial charge in [0.25, 0.3) is 5.91 Å². The predicted molar refractivity (Wildman–Crippen MR) is 104 cm³/mol. The fourth-order valence-corrected chi connectivity index (χ4v) is 2.88. The molecule has 4 aromatic rings. The van der Waals surface area contributed by atoms with Crippen LogP contribution < -0.4 is 10.1 Å². The van der Waals surface area contributed by atoms with E-state index < -0.39 is 12.1 Å². The third kappa shape index (κ3) is 4.63. The van der Waals surface area contributed by atoms with Gasteiger partial charge < -0.3 is 14.6 Å². The summed E-state index contributed by atoms with van der Waals surface area (Å²) in [6.45, 7) is 0.464. The highest BCUT2D eigenvalue weighted by Crippen LogP contribution is 2.29. The lowest BCUT2D eigenvalue weighted by Gasteiger charge is -2.09. The summed E-state index contributed by atoms with van der Waals surface area (Å²) in [7, 11) is 0. The second kappa shape index (κ2) is 8.42. The van der Waals surface area contributed by atoms with E-state index >= 15 is 0 Å². The molecule has 2 aromatic carbocycles. The molecule has 0 saturated carbocycles. The van der Waals surface area contributed by atoms with Gasteiger partial charge >= 0.3 is 12.1 Å². The normalized spacial score (nSPS) is 11.5. The van der Waals surface area contributed by atoms with Crippen molar-refractivity contribution in [3.63, 3.8) is 0 Å². The minimum Gasteiger partial charge on any atom is -0.492 e. The Balaban J connectivity index is 1.31. The van der Waals surface area contributed by atoms with E-state index in [2.05, 4.69) is 25.0 Å². The third-order valence-electron chi connectivity index (χ3n) is 4.33. The summed E-state index contributed by atoms with van der Waals surface area (Å²) in [6, 6.07) is 15.2. The maximum absolute atomic E-state index is 12.5. The second-order valence-electron chi connectivity index (χ2n) is 6.43. The summed E-state index contributed by atoms with van der Waals surface area (Å²) < 4.78 is 47.4. The molecule has 1 amide bonds. The van der Waals surface area contributed by atoms with Crippen LogP contribution in [0, 0.1) is 0 Å². The number of alkyl halides is 3. The highest BCUT2D eigenvalue weighted by atomic mass is 19.4. The predicted octanol–water partition coefficient (Wildman–Crippen LogP) is 4.11. The van der Waals surface area contributed by atoms with Gasteiger partial charge in [-0.15, -0.1) is 0 Å². The van der Waals surface area contributed by atoms with Crippen molar-refractivity contribution >= 4 is 16.8 Å². The Morgan fingerprint density at radius 1 is 1.06 bits per heavy atom. The first-order valence-electron chi connectivity index (χ1n) is 9.18. The van der Waals surface area contributed by atoms with Crippen LogP contribution in [0.5, 0.6) is 5.75 Å². The molecule has 0 bridgehead atoms. The van der Waals surface area contributed by atoms with Gasteiger partial charge in [-0.3, -0.25) is 9.78 Å². The van der Waals surface area contributed by atoms with Crippen LogP contribution in [-0.2, 0) is 6.18 Å². The first-order valence-corrected chi connectivity index (χ1v) is 9.18. The maximum Gasteiger partial charge on any atom is 0.471 e. The molecule has 158 valence electrons. The molecule has 0 atom stereocenters. The van der Waals surface area contributed by atoms with Crippen LogP contribution in [0.1, 0.15) is 16.2 Å². The molecular formula is C21H15F3N4O3. The molecule has 2 heterocycles. The van der Waals surface area contributed by atoms with E-state index in [0.29, 0.717) is 16.9 Å². The number of pyridine rings is 1. The van der Waals surface area contributed by atoms with Crippen LogP contribution in [0.15, 0.2) is 65.3 Å². The molecule has 0 aliphatic heterocycles. The number of rotatable bonds is 6. The highest BCUT2D eigenvalue weighted by molar-refractivity contribution is 6.05. The number of benzene rings is 2. The number of fused-ring (bicyclic) bond motifs is 1.